The third-order valence-electron chi connectivity index (χ3n) is 5.08. The molecule has 1 aliphatic rings. The summed E-state index contributed by atoms with van der Waals surface area (Å²) in [6, 6.07) is 9.40. The molecular formula is C20H21FIN9O. The molecule has 1 atom stereocenters. The number of benzene rings is 1. The predicted octanol–water partition coefficient (Wildman–Crippen LogP) is 2.80. The molecule has 5 rings (SSSR count). The lowest BCUT2D eigenvalue weighted by atomic mass is 10.3. The van der Waals surface area contributed by atoms with Crippen LogP contribution < -0.4 is 10.2 Å². The average Bonchev–Trinajstić information content (AvgIpc) is 3.41. The molecule has 0 bridgehead atoms. The van der Waals surface area contributed by atoms with E-state index in [0.717, 1.165) is 11.2 Å². The largest absolute Gasteiger partial charge is 0.378 e. The highest BCUT2D eigenvalue weighted by molar-refractivity contribution is 14.1. The molecule has 0 spiro atoms. The summed E-state index contributed by atoms with van der Waals surface area (Å²) < 4.78 is 22.1. The molecule has 4 aromatic rings. The predicted molar refractivity (Wildman–Crippen MR) is 126 cm³/mol. The number of fused-ring (bicyclic) bond motifs is 1. The summed E-state index contributed by atoms with van der Waals surface area (Å²) in [7, 11) is 1.87. The Kier molecular flexibility index (Phi) is 5.87. The van der Waals surface area contributed by atoms with Crippen LogP contribution in [0, 0.1) is 0 Å². The lowest BCUT2D eigenvalue weighted by Gasteiger charge is -2.27. The molecule has 1 N–H and O–H groups in total. The van der Waals surface area contributed by atoms with Crippen LogP contribution in [0.2, 0.25) is 0 Å². The molecular weight excluding hydrogens is 528 g/mol. The zero-order valence-corrected chi connectivity index (χ0v) is 19.5. The number of para-hydroxylation sites is 2. The Morgan fingerprint density at radius 1 is 1.09 bits per heavy atom. The van der Waals surface area contributed by atoms with E-state index in [1.54, 1.807) is 31.8 Å². The number of hydrogen-bond donors (Lipinski definition) is 1. The normalized spacial score (nSPS) is 15.3. The molecule has 1 aliphatic heterocycles. The van der Waals surface area contributed by atoms with Crippen molar-refractivity contribution < 1.29 is 9.13 Å². The first-order valence-electron chi connectivity index (χ1n) is 10.2. The molecule has 10 nitrogen and oxygen atoms in total. The molecule has 1 fully saturated rings. The maximum atomic E-state index is 14.5. The summed E-state index contributed by atoms with van der Waals surface area (Å²) in [5, 5.41) is 7.61. The zero-order chi connectivity index (χ0) is 22.1. The van der Waals surface area contributed by atoms with E-state index in [1.807, 2.05) is 48.5 Å². The molecule has 32 heavy (non-hydrogen) atoms. The fraction of sp³-hybridized carbons (Fsp3) is 0.350. The van der Waals surface area contributed by atoms with E-state index in [-0.39, 0.29) is 5.82 Å². The van der Waals surface area contributed by atoms with Crippen LogP contribution in [0.15, 0.2) is 36.5 Å². The summed E-state index contributed by atoms with van der Waals surface area (Å²) in [6.45, 7) is 2.97. The summed E-state index contributed by atoms with van der Waals surface area (Å²) in [5.41, 5.74) is 2.27. The van der Waals surface area contributed by atoms with Gasteiger partial charge in [-0.15, -0.1) is 0 Å². The maximum absolute atomic E-state index is 14.5. The van der Waals surface area contributed by atoms with Gasteiger partial charge in [0.1, 0.15) is 0 Å². The van der Waals surface area contributed by atoms with Gasteiger partial charge in [0, 0.05) is 26.3 Å². The summed E-state index contributed by atoms with van der Waals surface area (Å²) >= 11 is 1.71. The minimum atomic E-state index is -1.33. The fourth-order valence-corrected chi connectivity index (χ4v) is 3.98. The van der Waals surface area contributed by atoms with E-state index in [9.17, 15) is 4.39 Å². The molecule has 0 saturated carbocycles. The lowest BCUT2D eigenvalue weighted by molar-refractivity contribution is 0.122. The van der Waals surface area contributed by atoms with E-state index >= 15 is 0 Å². The number of imidazole rings is 1. The van der Waals surface area contributed by atoms with Crippen LogP contribution in [0.5, 0.6) is 0 Å². The van der Waals surface area contributed by atoms with Gasteiger partial charge in [0.2, 0.25) is 22.0 Å². The second-order valence-electron chi connectivity index (χ2n) is 7.29. The van der Waals surface area contributed by atoms with E-state index < -0.39 is 4.18 Å². The van der Waals surface area contributed by atoms with Crippen molar-refractivity contribution in [3.63, 3.8) is 0 Å². The van der Waals surface area contributed by atoms with Crippen LogP contribution in [0.3, 0.4) is 0 Å². The van der Waals surface area contributed by atoms with Crippen molar-refractivity contribution in [2.24, 2.45) is 7.05 Å². The van der Waals surface area contributed by atoms with Crippen LogP contribution in [0.25, 0.3) is 17.0 Å². The molecule has 0 aliphatic carbocycles. The van der Waals surface area contributed by atoms with E-state index in [1.165, 1.54) is 0 Å². The topological polar surface area (TPSA) is 98.8 Å². The second kappa shape index (κ2) is 8.94. The number of aryl methyl sites for hydroxylation is 1. The first-order chi connectivity index (χ1) is 15.6. The number of ether oxygens (including phenoxy) is 1. The minimum Gasteiger partial charge on any atom is -0.378 e. The number of aromatic nitrogens is 7. The highest BCUT2D eigenvalue weighted by atomic mass is 127. The van der Waals surface area contributed by atoms with Crippen LogP contribution in [-0.2, 0) is 18.3 Å². The standard InChI is InChI=1S/C20H21FIN9O/c1-29-7-6-13(28-29)12-23-18-25-19(30-8-10-32-11-9-30)27-20(26-18)31-15-5-3-2-4-14(15)24-17(31)16(21)22/h2-7,16H,8-12H2,1H3,(H,23,25,26,27). The van der Waals surface area contributed by atoms with Crippen molar-refractivity contribution in [3.8, 4) is 5.95 Å². The zero-order valence-electron chi connectivity index (χ0n) is 17.3. The SMILES string of the molecule is Cn1ccc(CNc2nc(N3CCOCC3)nc(-n3c(C(F)I)nc4ccccc43)n2)n1. The van der Waals surface area contributed by atoms with Crippen LogP contribution >= 0.6 is 22.6 Å². The van der Waals surface area contributed by atoms with Gasteiger partial charge in [-0.3, -0.25) is 9.25 Å². The van der Waals surface area contributed by atoms with Crippen molar-refractivity contribution in [3.05, 3.63) is 48.0 Å². The molecule has 4 heterocycles. The highest BCUT2D eigenvalue weighted by Gasteiger charge is 2.23. The molecule has 166 valence electrons. The Hall–Kier alpha value is -2.87. The summed E-state index contributed by atoms with van der Waals surface area (Å²) in [6.07, 6.45) is 1.88. The lowest BCUT2D eigenvalue weighted by Crippen LogP contribution is -2.37. The molecule has 1 unspecified atom stereocenters. The molecule has 0 amide bonds. The van der Waals surface area contributed by atoms with Gasteiger partial charge in [-0.1, -0.05) is 12.1 Å². The number of anilines is 2. The Morgan fingerprint density at radius 2 is 1.88 bits per heavy atom. The van der Waals surface area contributed by atoms with Crippen molar-refractivity contribution in [1.29, 1.82) is 0 Å². The number of nitrogens with one attached hydrogen (secondary N) is 1. The van der Waals surface area contributed by atoms with E-state index in [0.29, 0.717) is 56.2 Å². The van der Waals surface area contributed by atoms with Gasteiger partial charge in [0.05, 0.1) is 36.5 Å². The molecule has 1 aromatic carbocycles. The Labute approximate surface area is 197 Å². The van der Waals surface area contributed by atoms with Crippen molar-refractivity contribution in [2.75, 3.05) is 36.5 Å². The first-order valence-corrected chi connectivity index (χ1v) is 11.4. The number of morpholine rings is 1. The van der Waals surface area contributed by atoms with Gasteiger partial charge in [0.25, 0.3) is 0 Å². The maximum Gasteiger partial charge on any atom is 0.242 e. The summed E-state index contributed by atoms with van der Waals surface area (Å²) in [5.74, 6) is 1.44. The van der Waals surface area contributed by atoms with Gasteiger partial charge in [-0.2, -0.15) is 20.1 Å². The van der Waals surface area contributed by atoms with Crippen molar-refractivity contribution in [1.82, 2.24) is 34.3 Å². The summed E-state index contributed by atoms with van der Waals surface area (Å²) in [4.78, 5) is 20.4. The smallest absolute Gasteiger partial charge is 0.242 e. The van der Waals surface area contributed by atoms with Gasteiger partial charge < -0.3 is 15.0 Å². The van der Waals surface area contributed by atoms with E-state index in [4.69, 9.17) is 9.72 Å². The van der Waals surface area contributed by atoms with Gasteiger partial charge in [-0.05, 0) is 40.8 Å². The van der Waals surface area contributed by atoms with Crippen LogP contribution in [-0.4, -0.2) is 60.6 Å². The average molecular weight is 549 g/mol. The third kappa shape index (κ3) is 4.24. The van der Waals surface area contributed by atoms with E-state index in [2.05, 4.69) is 25.4 Å². The Bertz CT molecular complexity index is 1240. The molecule has 0 radical (unpaired) electrons. The minimum absolute atomic E-state index is 0.238. The Morgan fingerprint density at radius 3 is 2.62 bits per heavy atom. The monoisotopic (exact) mass is 549 g/mol. The first kappa shape index (κ1) is 21.0. The molecule has 12 heteroatoms. The highest BCUT2D eigenvalue weighted by Crippen LogP contribution is 2.30. The van der Waals surface area contributed by atoms with Gasteiger partial charge in [-0.25, -0.2) is 9.37 Å². The Balaban J connectivity index is 1.59. The second-order valence-corrected chi connectivity index (χ2v) is 8.38. The number of halogens is 2. The molecule has 1 saturated heterocycles. The fourth-order valence-electron chi connectivity index (χ4n) is 3.57. The number of hydrogen-bond acceptors (Lipinski definition) is 8. The van der Waals surface area contributed by atoms with Gasteiger partial charge in [0.15, 0.2) is 5.82 Å². The van der Waals surface area contributed by atoms with Crippen molar-refractivity contribution >= 4 is 45.5 Å². The number of nitrogens with zero attached hydrogens (tertiary/aromatic N) is 8. The number of alkyl halides is 2. The molecule has 3 aromatic heterocycles. The van der Waals surface area contributed by atoms with Crippen LogP contribution in [0.4, 0.5) is 16.3 Å². The van der Waals surface area contributed by atoms with Crippen LogP contribution in [0.1, 0.15) is 15.7 Å². The van der Waals surface area contributed by atoms with Crippen molar-refractivity contribution in [2.45, 2.75) is 10.7 Å². The number of rotatable bonds is 6. The third-order valence-corrected chi connectivity index (χ3v) is 5.64. The quantitative estimate of drug-likeness (QED) is 0.290. The van der Waals surface area contributed by atoms with Gasteiger partial charge >= 0.3 is 0 Å².